The SMILES string of the molecule is Cn1cc(C(=O)Nc2ccccc2-c2cc(F)ccc2F)cn1.Cn1cc(C(=O)O)c(C(F)F)n1.Nc1ccccc1-c1ccc(Cl)cc1Cl. The monoisotopic (exact) mass is 726 g/mol. The maximum absolute atomic E-state index is 14.0. The lowest BCUT2D eigenvalue weighted by molar-refractivity contribution is 0.0684. The van der Waals surface area contributed by atoms with Crippen LogP contribution in [0.25, 0.3) is 22.3 Å². The highest BCUT2D eigenvalue weighted by Crippen LogP contribution is 2.34. The van der Waals surface area contributed by atoms with Gasteiger partial charge in [-0.1, -0.05) is 65.7 Å². The smallest absolute Gasteiger partial charge is 0.339 e. The molecule has 6 aromatic rings. The number of benzene rings is 4. The van der Waals surface area contributed by atoms with Crippen LogP contribution in [-0.4, -0.2) is 36.5 Å². The summed E-state index contributed by atoms with van der Waals surface area (Å²) in [5, 5.41) is 19.6. The third-order valence-corrected chi connectivity index (χ3v) is 7.39. The van der Waals surface area contributed by atoms with Crippen LogP contribution in [0.4, 0.5) is 28.9 Å². The van der Waals surface area contributed by atoms with E-state index in [1.54, 1.807) is 49.6 Å². The zero-order valence-corrected chi connectivity index (χ0v) is 27.8. The molecule has 0 aliphatic carbocycles. The van der Waals surface area contributed by atoms with Gasteiger partial charge < -0.3 is 16.2 Å². The number of aryl methyl sites for hydroxylation is 2. The van der Waals surface area contributed by atoms with Crippen molar-refractivity contribution in [2.45, 2.75) is 6.43 Å². The number of nitrogens with one attached hydrogen (secondary N) is 1. The number of rotatable bonds is 6. The molecule has 2 aromatic heterocycles. The van der Waals surface area contributed by atoms with E-state index in [1.165, 1.54) is 17.9 Å². The second-order valence-corrected chi connectivity index (χ2v) is 11.3. The number of carbonyl (C=O) groups is 2. The topological polar surface area (TPSA) is 128 Å². The van der Waals surface area contributed by atoms with Crippen LogP contribution in [0.15, 0.2) is 104 Å². The standard InChI is InChI=1S/C17H13F2N3O.C12H9Cl2N.C6H6F2N2O2/c1-22-10-11(9-20-22)17(23)21-16-5-3-2-4-13(16)14-8-12(18)6-7-15(14)19;13-8-5-6-9(11(14)7-8)10-3-1-2-4-12(10)15;1-10-2-3(6(11)12)4(9-10)5(7)8/h2-10H,1H3,(H,21,23);1-7H,15H2;2,5H,1H3,(H,11,12). The van der Waals surface area contributed by atoms with Gasteiger partial charge in [-0.15, -0.1) is 0 Å². The van der Waals surface area contributed by atoms with Crippen molar-refractivity contribution in [2.24, 2.45) is 14.1 Å². The molecule has 0 saturated heterocycles. The summed E-state index contributed by atoms with van der Waals surface area (Å²) in [5.74, 6) is -2.87. The maximum atomic E-state index is 14.0. The van der Waals surface area contributed by atoms with Crippen molar-refractivity contribution >= 4 is 46.5 Å². The largest absolute Gasteiger partial charge is 0.478 e. The van der Waals surface area contributed by atoms with Crippen LogP contribution in [0.2, 0.25) is 10.0 Å². The van der Waals surface area contributed by atoms with E-state index in [0.717, 1.165) is 40.2 Å². The van der Waals surface area contributed by atoms with Crippen molar-refractivity contribution in [3.63, 3.8) is 0 Å². The molecule has 1 amide bonds. The minimum Gasteiger partial charge on any atom is -0.478 e. The van der Waals surface area contributed by atoms with E-state index in [0.29, 0.717) is 32.5 Å². The first kappa shape index (κ1) is 37.2. The lowest BCUT2D eigenvalue weighted by Crippen LogP contribution is -2.12. The Bertz CT molecular complexity index is 2140. The molecule has 0 bridgehead atoms. The predicted octanol–water partition coefficient (Wildman–Crippen LogP) is 8.92. The summed E-state index contributed by atoms with van der Waals surface area (Å²) in [5.41, 5.74) is 8.53. The van der Waals surface area contributed by atoms with Gasteiger partial charge in [-0.3, -0.25) is 14.2 Å². The summed E-state index contributed by atoms with van der Waals surface area (Å²) < 4.78 is 54.1. The van der Waals surface area contributed by atoms with Gasteiger partial charge in [0.2, 0.25) is 0 Å². The summed E-state index contributed by atoms with van der Waals surface area (Å²) in [7, 11) is 3.09. The number of nitrogens with zero attached hydrogens (tertiary/aromatic N) is 4. The number of hydrogen-bond acceptors (Lipinski definition) is 5. The number of amides is 1. The highest BCUT2D eigenvalue weighted by Gasteiger charge is 2.21. The molecule has 4 aromatic carbocycles. The van der Waals surface area contributed by atoms with Gasteiger partial charge in [0.25, 0.3) is 12.3 Å². The fourth-order valence-corrected chi connectivity index (χ4v) is 5.06. The van der Waals surface area contributed by atoms with E-state index < -0.39 is 35.3 Å². The average molecular weight is 728 g/mol. The van der Waals surface area contributed by atoms with Crippen LogP contribution in [-0.2, 0) is 14.1 Å². The number of anilines is 2. The second kappa shape index (κ2) is 16.6. The van der Waals surface area contributed by atoms with Gasteiger partial charge in [0.15, 0.2) is 0 Å². The number of aromatic carboxylic acids is 1. The number of hydrogen-bond donors (Lipinski definition) is 3. The first-order valence-electron chi connectivity index (χ1n) is 14.4. The van der Waals surface area contributed by atoms with Crippen LogP contribution in [0, 0.1) is 11.6 Å². The number of carbonyl (C=O) groups excluding carboxylic acids is 1. The number of para-hydroxylation sites is 2. The van der Waals surface area contributed by atoms with E-state index in [4.69, 9.17) is 34.0 Å². The Labute approximate surface area is 293 Å². The number of halogens is 6. The maximum Gasteiger partial charge on any atom is 0.339 e. The Hall–Kier alpha value is -5.66. The number of aromatic nitrogens is 4. The van der Waals surface area contributed by atoms with Crippen molar-refractivity contribution < 1.29 is 32.3 Å². The predicted molar refractivity (Wildman–Crippen MR) is 184 cm³/mol. The van der Waals surface area contributed by atoms with E-state index in [-0.39, 0.29) is 11.5 Å². The molecule has 4 N–H and O–H groups in total. The lowest BCUT2D eigenvalue weighted by Gasteiger charge is -2.11. The Morgan fingerprint density at radius 3 is 2.12 bits per heavy atom. The fourth-order valence-electron chi connectivity index (χ4n) is 4.55. The summed E-state index contributed by atoms with van der Waals surface area (Å²) in [4.78, 5) is 22.6. The van der Waals surface area contributed by atoms with Gasteiger partial charge in [0, 0.05) is 70.2 Å². The second-order valence-electron chi connectivity index (χ2n) is 10.4. The third-order valence-electron chi connectivity index (χ3n) is 6.84. The van der Waals surface area contributed by atoms with Crippen molar-refractivity contribution in [1.82, 2.24) is 19.6 Å². The molecule has 50 heavy (non-hydrogen) atoms. The van der Waals surface area contributed by atoms with Gasteiger partial charge in [-0.2, -0.15) is 10.2 Å². The van der Waals surface area contributed by atoms with Crippen molar-refractivity contribution in [1.29, 1.82) is 0 Å². The average Bonchev–Trinajstić information content (AvgIpc) is 3.70. The zero-order valence-electron chi connectivity index (χ0n) is 26.3. The molecule has 15 heteroatoms. The molecule has 2 heterocycles. The molecular formula is C35H28Cl2F4N6O3. The number of nitrogens with two attached hydrogens (primary N) is 1. The van der Waals surface area contributed by atoms with Gasteiger partial charge in [-0.05, 0) is 42.5 Å². The minimum atomic E-state index is -2.85. The first-order valence-corrected chi connectivity index (χ1v) is 15.2. The molecule has 0 fully saturated rings. The molecule has 0 spiro atoms. The molecule has 258 valence electrons. The van der Waals surface area contributed by atoms with E-state index >= 15 is 0 Å². The molecule has 6 rings (SSSR count). The Balaban J connectivity index is 0.000000180. The summed E-state index contributed by atoms with van der Waals surface area (Å²) in [6.07, 6.45) is 1.20. The van der Waals surface area contributed by atoms with Crippen LogP contribution in [0.5, 0.6) is 0 Å². The number of alkyl halides is 2. The molecule has 0 saturated carbocycles. The Morgan fingerprint density at radius 2 is 1.52 bits per heavy atom. The van der Waals surface area contributed by atoms with Crippen LogP contribution in [0.3, 0.4) is 0 Å². The Morgan fingerprint density at radius 1 is 0.840 bits per heavy atom. The summed E-state index contributed by atoms with van der Waals surface area (Å²) >= 11 is 11.9. The van der Waals surface area contributed by atoms with Crippen molar-refractivity contribution in [3.8, 4) is 22.3 Å². The van der Waals surface area contributed by atoms with Gasteiger partial charge in [0.05, 0.1) is 11.8 Å². The molecule has 0 aliphatic heterocycles. The van der Waals surface area contributed by atoms with E-state index in [2.05, 4.69) is 15.5 Å². The molecule has 0 radical (unpaired) electrons. The van der Waals surface area contributed by atoms with E-state index in [9.17, 15) is 27.2 Å². The first-order chi connectivity index (χ1) is 23.7. The highest BCUT2D eigenvalue weighted by atomic mass is 35.5. The Kier molecular flexibility index (Phi) is 12.4. The van der Waals surface area contributed by atoms with E-state index in [1.807, 2.05) is 30.3 Å². The fraction of sp³-hybridized carbons (Fsp3) is 0.0857. The van der Waals surface area contributed by atoms with Gasteiger partial charge >= 0.3 is 5.97 Å². The zero-order chi connectivity index (χ0) is 36.5. The van der Waals surface area contributed by atoms with Crippen LogP contribution in [0.1, 0.15) is 32.8 Å². The lowest BCUT2D eigenvalue weighted by atomic mass is 10.0. The molecule has 9 nitrogen and oxygen atoms in total. The minimum absolute atomic E-state index is 0.0899. The molecule has 0 atom stereocenters. The molecular weight excluding hydrogens is 699 g/mol. The highest BCUT2D eigenvalue weighted by molar-refractivity contribution is 6.36. The number of nitrogen functional groups attached to an aromatic ring is 1. The molecule has 0 unspecified atom stereocenters. The normalized spacial score (nSPS) is 10.5. The van der Waals surface area contributed by atoms with Gasteiger partial charge in [-0.25, -0.2) is 22.4 Å². The number of carboxylic acid groups (broad SMARTS) is 1. The quantitative estimate of drug-likeness (QED) is 0.116. The van der Waals surface area contributed by atoms with Crippen LogP contribution < -0.4 is 11.1 Å². The van der Waals surface area contributed by atoms with Crippen LogP contribution >= 0.6 is 23.2 Å². The van der Waals surface area contributed by atoms with Gasteiger partial charge in [0.1, 0.15) is 22.9 Å². The molecule has 0 aliphatic rings. The number of carboxylic acids is 1. The van der Waals surface area contributed by atoms with Crippen molar-refractivity contribution in [3.05, 3.63) is 142 Å². The summed E-state index contributed by atoms with van der Waals surface area (Å²) in [6, 6.07) is 22.9. The summed E-state index contributed by atoms with van der Waals surface area (Å²) in [6.45, 7) is 0. The third kappa shape index (κ3) is 9.49. The van der Waals surface area contributed by atoms with Crippen molar-refractivity contribution in [2.75, 3.05) is 11.1 Å².